The molecule has 0 aromatic carbocycles. The third-order valence-corrected chi connectivity index (χ3v) is 1.94. The third-order valence-electron chi connectivity index (χ3n) is 1.94. The average molecular weight is 129 g/mol. The molecule has 9 heavy (non-hydrogen) atoms. The minimum atomic E-state index is 0.0220. The summed E-state index contributed by atoms with van der Waals surface area (Å²) in [5.74, 6) is 0.810. The van der Waals surface area contributed by atoms with Crippen LogP contribution in [0.2, 0.25) is 0 Å². The normalized spacial score (nSPS) is 42.3. The molecular formula is C7H15NO. The zero-order chi connectivity index (χ0) is 6.91. The van der Waals surface area contributed by atoms with Gasteiger partial charge in [0, 0.05) is 12.6 Å². The molecule has 2 heteroatoms. The summed E-state index contributed by atoms with van der Waals surface area (Å²) >= 11 is 0. The lowest BCUT2D eigenvalue weighted by molar-refractivity contribution is 0.0524. The van der Waals surface area contributed by atoms with Crippen LogP contribution in [0.5, 0.6) is 0 Å². The summed E-state index contributed by atoms with van der Waals surface area (Å²) in [7, 11) is 1.71. The Morgan fingerprint density at radius 1 is 1.67 bits per heavy atom. The first kappa shape index (κ1) is 7.03. The van der Waals surface area contributed by atoms with Crippen LogP contribution in [0, 0.1) is 5.92 Å². The van der Waals surface area contributed by atoms with Gasteiger partial charge in [-0.05, 0) is 18.8 Å². The largest absolute Gasteiger partial charge is 0.383 e. The highest BCUT2D eigenvalue weighted by Gasteiger charge is 2.37. The van der Waals surface area contributed by atoms with Crippen LogP contribution in [0.25, 0.3) is 0 Å². The maximum absolute atomic E-state index is 5.88. The van der Waals surface area contributed by atoms with E-state index in [2.05, 4.69) is 6.92 Å². The molecule has 0 spiro atoms. The van der Waals surface area contributed by atoms with E-state index in [9.17, 15) is 0 Å². The van der Waals surface area contributed by atoms with Crippen molar-refractivity contribution in [1.82, 2.24) is 0 Å². The molecule has 0 heterocycles. The Morgan fingerprint density at radius 2 is 2.22 bits per heavy atom. The molecule has 0 aromatic rings. The molecule has 1 aliphatic rings. The first-order chi connectivity index (χ1) is 4.16. The van der Waals surface area contributed by atoms with E-state index in [0.29, 0.717) is 0 Å². The molecular weight excluding hydrogens is 114 g/mol. The Morgan fingerprint density at radius 3 is 2.56 bits per heavy atom. The van der Waals surface area contributed by atoms with E-state index in [-0.39, 0.29) is 5.54 Å². The van der Waals surface area contributed by atoms with Crippen molar-refractivity contribution in [2.75, 3.05) is 13.7 Å². The second-order valence-electron chi connectivity index (χ2n) is 3.31. The second kappa shape index (κ2) is 2.27. The molecule has 0 aliphatic heterocycles. The monoisotopic (exact) mass is 129 g/mol. The summed E-state index contributed by atoms with van der Waals surface area (Å²) in [4.78, 5) is 0. The molecule has 0 radical (unpaired) electrons. The van der Waals surface area contributed by atoms with E-state index in [1.807, 2.05) is 0 Å². The van der Waals surface area contributed by atoms with Crippen molar-refractivity contribution in [3.05, 3.63) is 0 Å². The number of nitrogens with two attached hydrogens (primary N) is 1. The minimum Gasteiger partial charge on any atom is -0.383 e. The Bertz CT molecular complexity index is 91.6. The molecule has 54 valence electrons. The smallest absolute Gasteiger partial charge is 0.0642 e. The molecule has 0 unspecified atom stereocenters. The maximum Gasteiger partial charge on any atom is 0.0642 e. The first-order valence-electron chi connectivity index (χ1n) is 3.44. The summed E-state index contributed by atoms with van der Waals surface area (Å²) in [5.41, 5.74) is 5.90. The van der Waals surface area contributed by atoms with Crippen molar-refractivity contribution in [3.63, 3.8) is 0 Å². The predicted molar refractivity (Wildman–Crippen MR) is 37.2 cm³/mol. The summed E-state index contributed by atoms with van der Waals surface area (Å²) in [6, 6.07) is 0. The topological polar surface area (TPSA) is 35.2 Å². The summed E-state index contributed by atoms with van der Waals surface area (Å²) in [5, 5.41) is 0. The van der Waals surface area contributed by atoms with Gasteiger partial charge in [-0.3, -0.25) is 0 Å². The molecule has 1 aliphatic carbocycles. The molecule has 1 rings (SSSR count). The zero-order valence-electron chi connectivity index (χ0n) is 6.18. The maximum atomic E-state index is 5.88. The van der Waals surface area contributed by atoms with Crippen molar-refractivity contribution < 1.29 is 4.74 Å². The van der Waals surface area contributed by atoms with Gasteiger partial charge in [-0.15, -0.1) is 0 Å². The summed E-state index contributed by atoms with van der Waals surface area (Å²) in [6.07, 6.45) is 2.25. The van der Waals surface area contributed by atoms with Crippen LogP contribution < -0.4 is 5.73 Å². The lowest BCUT2D eigenvalue weighted by atomic mass is 9.70. The van der Waals surface area contributed by atoms with Crippen molar-refractivity contribution in [2.45, 2.75) is 25.3 Å². The third kappa shape index (κ3) is 1.43. The van der Waals surface area contributed by atoms with E-state index in [1.165, 1.54) is 0 Å². The van der Waals surface area contributed by atoms with Crippen molar-refractivity contribution in [2.24, 2.45) is 11.7 Å². The van der Waals surface area contributed by atoms with E-state index in [1.54, 1.807) is 7.11 Å². The molecule has 0 amide bonds. The van der Waals surface area contributed by atoms with E-state index in [0.717, 1.165) is 25.4 Å². The molecule has 0 saturated heterocycles. The van der Waals surface area contributed by atoms with Crippen LogP contribution in [0.3, 0.4) is 0 Å². The van der Waals surface area contributed by atoms with Gasteiger partial charge in [-0.1, -0.05) is 6.92 Å². The number of rotatable bonds is 2. The van der Waals surface area contributed by atoms with Gasteiger partial charge in [-0.25, -0.2) is 0 Å². The number of hydrogen-bond acceptors (Lipinski definition) is 2. The van der Waals surface area contributed by atoms with Gasteiger partial charge in [-0.2, -0.15) is 0 Å². The zero-order valence-corrected chi connectivity index (χ0v) is 6.18. The van der Waals surface area contributed by atoms with Gasteiger partial charge in [0.2, 0.25) is 0 Å². The molecule has 2 nitrogen and oxygen atoms in total. The standard InChI is InChI=1S/C7H15NO/c1-6-3-7(8,4-6)5-9-2/h6H,3-5,8H2,1-2H3. The van der Waals surface area contributed by atoms with Crippen LogP contribution in [0.4, 0.5) is 0 Å². The number of methoxy groups -OCH3 is 1. The Hall–Kier alpha value is -0.0800. The minimum absolute atomic E-state index is 0.0220. The van der Waals surface area contributed by atoms with E-state index >= 15 is 0 Å². The molecule has 0 aromatic heterocycles. The number of ether oxygens (including phenoxy) is 1. The van der Waals surface area contributed by atoms with Crippen molar-refractivity contribution in [3.8, 4) is 0 Å². The highest BCUT2D eigenvalue weighted by Crippen LogP contribution is 2.34. The Labute approximate surface area is 56.4 Å². The van der Waals surface area contributed by atoms with Gasteiger partial charge in [0.15, 0.2) is 0 Å². The van der Waals surface area contributed by atoms with Crippen LogP contribution in [0.1, 0.15) is 19.8 Å². The number of hydrogen-bond donors (Lipinski definition) is 1. The van der Waals surface area contributed by atoms with Gasteiger partial charge in [0.05, 0.1) is 6.61 Å². The van der Waals surface area contributed by atoms with E-state index < -0.39 is 0 Å². The van der Waals surface area contributed by atoms with Gasteiger partial charge in [0.25, 0.3) is 0 Å². The van der Waals surface area contributed by atoms with Gasteiger partial charge in [0.1, 0.15) is 0 Å². The fourth-order valence-corrected chi connectivity index (χ4v) is 1.73. The fraction of sp³-hybridized carbons (Fsp3) is 1.00. The molecule has 1 saturated carbocycles. The highest BCUT2D eigenvalue weighted by molar-refractivity contribution is 4.96. The molecule has 0 atom stereocenters. The molecule has 2 N–H and O–H groups in total. The SMILES string of the molecule is COCC1(N)CC(C)C1. The van der Waals surface area contributed by atoms with Crippen LogP contribution in [-0.4, -0.2) is 19.3 Å². The fourth-order valence-electron chi connectivity index (χ4n) is 1.73. The van der Waals surface area contributed by atoms with Crippen LogP contribution in [0.15, 0.2) is 0 Å². The quantitative estimate of drug-likeness (QED) is 0.597. The van der Waals surface area contributed by atoms with Gasteiger partial charge >= 0.3 is 0 Å². The Balaban J connectivity index is 2.23. The lowest BCUT2D eigenvalue weighted by Gasteiger charge is -2.42. The first-order valence-corrected chi connectivity index (χ1v) is 3.44. The second-order valence-corrected chi connectivity index (χ2v) is 3.31. The van der Waals surface area contributed by atoms with Crippen molar-refractivity contribution in [1.29, 1.82) is 0 Å². The van der Waals surface area contributed by atoms with Crippen LogP contribution in [-0.2, 0) is 4.74 Å². The average Bonchev–Trinajstić information content (AvgIpc) is 1.62. The lowest BCUT2D eigenvalue weighted by Crippen LogP contribution is -2.54. The van der Waals surface area contributed by atoms with Crippen molar-refractivity contribution >= 4 is 0 Å². The predicted octanol–water partition coefficient (Wildman–Crippen LogP) is 0.760. The van der Waals surface area contributed by atoms with Gasteiger partial charge < -0.3 is 10.5 Å². The molecule has 0 bridgehead atoms. The Kier molecular flexibility index (Phi) is 1.78. The summed E-state index contributed by atoms with van der Waals surface area (Å²) in [6.45, 7) is 2.94. The van der Waals surface area contributed by atoms with E-state index in [4.69, 9.17) is 10.5 Å². The summed E-state index contributed by atoms with van der Waals surface area (Å²) < 4.78 is 4.97. The highest BCUT2D eigenvalue weighted by atomic mass is 16.5. The molecule has 1 fully saturated rings. The van der Waals surface area contributed by atoms with Crippen LogP contribution >= 0.6 is 0 Å².